The monoisotopic (exact) mass is 348 g/mol. The summed E-state index contributed by atoms with van der Waals surface area (Å²) in [6, 6.07) is 2.44. The Hall–Kier alpha value is 0.190. The Labute approximate surface area is 125 Å². The molecule has 0 heterocycles. The van der Waals surface area contributed by atoms with Crippen molar-refractivity contribution in [3.05, 3.63) is 22.2 Å². The second-order valence-corrected chi connectivity index (χ2v) is 7.97. The Morgan fingerprint density at radius 3 is 2.28 bits per heavy atom. The van der Waals surface area contributed by atoms with E-state index >= 15 is 0 Å². The number of rotatable bonds is 6. The van der Waals surface area contributed by atoms with Gasteiger partial charge in [-0.25, -0.2) is 8.42 Å². The van der Waals surface area contributed by atoms with Gasteiger partial charge in [0.15, 0.2) is 5.75 Å². The van der Waals surface area contributed by atoms with Gasteiger partial charge in [0.2, 0.25) is 0 Å². The van der Waals surface area contributed by atoms with E-state index in [4.69, 9.17) is 38.6 Å². The highest BCUT2D eigenvalue weighted by Gasteiger charge is 2.16. The van der Waals surface area contributed by atoms with Crippen molar-refractivity contribution in [2.45, 2.75) is 11.8 Å². The molecule has 0 unspecified atom stereocenters. The van der Waals surface area contributed by atoms with Gasteiger partial charge in [0.05, 0.1) is 21.5 Å². The van der Waals surface area contributed by atoms with Crippen molar-refractivity contribution in [2.24, 2.45) is 0 Å². The first kappa shape index (κ1) is 16.2. The molecule has 0 radical (unpaired) electrons. The van der Waals surface area contributed by atoms with Crippen LogP contribution in [0.3, 0.4) is 0 Å². The quantitative estimate of drug-likeness (QED) is 0.574. The lowest BCUT2D eigenvalue weighted by Crippen LogP contribution is -2.02. The molecular formula is C10H11Cl3O3S2. The fourth-order valence-electron chi connectivity index (χ4n) is 1.16. The summed E-state index contributed by atoms with van der Waals surface area (Å²) in [5, 5.41) is 0.256. The van der Waals surface area contributed by atoms with Crippen LogP contribution in [0.25, 0.3) is 0 Å². The van der Waals surface area contributed by atoms with E-state index in [0.29, 0.717) is 6.61 Å². The summed E-state index contributed by atoms with van der Waals surface area (Å²) < 4.78 is 27.7. The van der Waals surface area contributed by atoms with E-state index < -0.39 is 9.05 Å². The van der Waals surface area contributed by atoms with Gasteiger partial charge in [0.1, 0.15) is 0 Å². The van der Waals surface area contributed by atoms with Gasteiger partial charge in [0.25, 0.3) is 9.05 Å². The largest absolute Gasteiger partial charge is 0.490 e. The fraction of sp³-hybridized carbons (Fsp3) is 0.400. The summed E-state index contributed by atoms with van der Waals surface area (Å²) >= 11 is 13.5. The number of thioether (sulfide) groups is 1. The van der Waals surface area contributed by atoms with Crippen molar-refractivity contribution in [1.29, 1.82) is 0 Å². The number of hydrogen-bond donors (Lipinski definition) is 0. The van der Waals surface area contributed by atoms with Crippen molar-refractivity contribution < 1.29 is 13.2 Å². The summed E-state index contributed by atoms with van der Waals surface area (Å²) in [4.78, 5) is -0.144. The van der Waals surface area contributed by atoms with Gasteiger partial charge in [-0.15, -0.1) is 0 Å². The van der Waals surface area contributed by atoms with Gasteiger partial charge in [0, 0.05) is 16.4 Å². The number of benzene rings is 1. The zero-order chi connectivity index (χ0) is 13.8. The SMILES string of the molecule is CCSCCOc1c(Cl)cc(S(=O)(=O)Cl)cc1Cl. The van der Waals surface area contributed by atoms with E-state index in [1.165, 1.54) is 12.1 Å². The van der Waals surface area contributed by atoms with E-state index in [1.807, 2.05) is 6.92 Å². The molecule has 0 aliphatic heterocycles. The minimum Gasteiger partial charge on any atom is -0.490 e. The molecule has 0 atom stereocenters. The lowest BCUT2D eigenvalue weighted by molar-refractivity contribution is 0.344. The van der Waals surface area contributed by atoms with Crippen molar-refractivity contribution in [3.63, 3.8) is 0 Å². The molecule has 1 aromatic carbocycles. The van der Waals surface area contributed by atoms with Crippen molar-refractivity contribution >= 4 is 54.7 Å². The molecule has 8 heteroatoms. The van der Waals surface area contributed by atoms with Crippen LogP contribution in [0.2, 0.25) is 10.0 Å². The normalized spacial score (nSPS) is 11.6. The molecular weight excluding hydrogens is 339 g/mol. The standard InChI is InChI=1S/C10H11Cl3O3S2/c1-2-17-4-3-16-10-8(11)5-7(6-9(10)12)18(13,14)15/h5-6H,2-4H2,1H3. The number of ether oxygens (including phenoxy) is 1. The number of hydrogen-bond acceptors (Lipinski definition) is 4. The summed E-state index contributed by atoms with van der Waals surface area (Å²) in [5.74, 6) is 2.08. The average molecular weight is 350 g/mol. The lowest BCUT2D eigenvalue weighted by Gasteiger charge is -2.10. The summed E-state index contributed by atoms with van der Waals surface area (Å²) in [7, 11) is 1.36. The third-order valence-corrected chi connectivity index (χ3v) is 4.69. The first-order chi connectivity index (χ1) is 8.36. The molecule has 0 saturated carbocycles. The molecule has 0 N–H and O–H groups in total. The van der Waals surface area contributed by atoms with E-state index in [-0.39, 0.29) is 20.7 Å². The van der Waals surface area contributed by atoms with Crippen molar-refractivity contribution in [1.82, 2.24) is 0 Å². The van der Waals surface area contributed by atoms with Crippen LogP contribution in [-0.4, -0.2) is 26.5 Å². The molecule has 1 aromatic rings. The molecule has 0 fully saturated rings. The van der Waals surface area contributed by atoms with Crippen LogP contribution in [0.5, 0.6) is 5.75 Å². The predicted molar refractivity (Wildman–Crippen MR) is 78.0 cm³/mol. The van der Waals surface area contributed by atoms with Crippen molar-refractivity contribution in [2.75, 3.05) is 18.1 Å². The summed E-state index contributed by atoms with van der Waals surface area (Å²) in [6.07, 6.45) is 0. The first-order valence-electron chi connectivity index (χ1n) is 5.00. The van der Waals surface area contributed by atoms with Crippen LogP contribution in [0.4, 0.5) is 0 Å². The molecule has 0 saturated heterocycles. The van der Waals surface area contributed by atoms with Crippen LogP contribution in [0.15, 0.2) is 17.0 Å². The maximum Gasteiger partial charge on any atom is 0.261 e. The predicted octanol–water partition coefficient (Wildman–Crippen LogP) is 4.05. The molecule has 1 rings (SSSR count). The third kappa shape index (κ3) is 4.70. The Balaban J connectivity index is 2.88. The van der Waals surface area contributed by atoms with Gasteiger partial charge in [-0.3, -0.25) is 0 Å². The Morgan fingerprint density at radius 2 is 1.83 bits per heavy atom. The van der Waals surface area contributed by atoms with Crippen LogP contribution in [0.1, 0.15) is 6.92 Å². The summed E-state index contributed by atoms with van der Waals surface area (Å²) in [5.41, 5.74) is 0. The van der Waals surface area contributed by atoms with Crippen LogP contribution < -0.4 is 4.74 Å². The van der Waals surface area contributed by atoms with E-state index in [1.54, 1.807) is 11.8 Å². The zero-order valence-corrected chi connectivity index (χ0v) is 13.4. The average Bonchev–Trinajstić information content (AvgIpc) is 2.25. The minimum atomic E-state index is -3.85. The molecule has 0 aliphatic rings. The minimum absolute atomic E-state index is 0.128. The Kier molecular flexibility index (Phi) is 6.41. The highest BCUT2D eigenvalue weighted by atomic mass is 35.7. The molecule has 3 nitrogen and oxygen atoms in total. The van der Waals surface area contributed by atoms with Crippen molar-refractivity contribution in [3.8, 4) is 5.75 Å². The second-order valence-electron chi connectivity index (χ2n) is 3.20. The van der Waals surface area contributed by atoms with Gasteiger partial charge in [-0.2, -0.15) is 11.8 Å². The molecule has 0 bridgehead atoms. The summed E-state index contributed by atoms with van der Waals surface area (Å²) in [6.45, 7) is 2.50. The van der Waals surface area contributed by atoms with Gasteiger partial charge in [-0.05, 0) is 17.9 Å². The van der Waals surface area contributed by atoms with Crippen LogP contribution >= 0.6 is 45.6 Å². The molecule has 0 aliphatic carbocycles. The highest BCUT2D eigenvalue weighted by molar-refractivity contribution is 8.13. The smallest absolute Gasteiger partial charge is 0.261 e. The lowest BCUT2D eigenvalue weighted by atomic mass is 10.3. The molecule has 102 valence electrons. The van der Waals surface area contributed by atoms with Gasteiger partial charge in [-0.1, -0.05) is 30.1 Å². The van der Waals surface area contributed by atoms with Crippen LogP contribution in [-0.2, 0) is 9.05 Å². The van der Waals surface area contributed by atoms with Gasteiger partial charge >= 0.3 is 0 Å². The first-order valence-corrected chi connectivity index (χ1v) is 9.22. The van der Waals surface area contributed by atoms with E-state index in [0.717, 1.165) is 11.5 Å². The van der Waals surface area contributed by atoms with E-state index in [9.17, 15) is 8.42 Å². The third-order valence-electron chi connectivity index (χ3n) is 1.93. The second kappa shape index (κ2) is 7.10. The fourth-order valence-corrected chi connectivity index (χ4v) is 3.16. The Morgan fingerprint density at radius 1 is 1.28 bits per heavy atom. The Bertz CT molecular complexity index is 494. The molecule has 0 spiro atoms. The zero-order valence-electron chi connectivity index (χ0n) is 9.45. The topological polar surface area (TPSA) is 43.4 Å². The maximum absolute atomic E-state index is 11.2. The van der Waals surface area contributed by atoms with E-state index in [2.05, 4.69) is 0 Å². The molecule has 0 aromatic heterocycles. The molecule has 18 heavy (non-hydrogen) atoms. The van der Waals surface area contributed by atoms with Crippen LogP contribution in [0, 0.1) is 0 Å². The highest BCUT2D eigenvalue weighted by Crippen LogP contribution is 2.36. The molecule has 0 amide bonds. The maximum atomic E-state index is 11.2. The van der Waals surface area contributed by atoms with Gasteiger partial charge < -0.3 is 4.74 Å². The number of halogens is 3.